The number of aromatic nitrogens is 2. The number of nitrogens with zero attached hydrogens (tertiary/aromatic N) is 2. The zero-order chi connectivity index (χ0) is 18.7. The van der Waals surface area contributed by atoms with E-state index in [2.05, 4.69) is 4.98 Å². The summed E-state index contributed by atoms with van der Waals surface area (Å²) in [6.07, 6.45) is 2.92. The number of sulfonamides is 1. The monoisotopic (exact) mass is 409 g/mol. The largest absolute Gasteiger partial charge is 0.332 e. The number of hydrogen-bond donors (Lipinski definition) is 1. The molecule has 26 heavy (non-hydrogen) atoms. The predicted octanol–water partition coefficient (Wildman–Crippen LogP) is 3.36. The van der Waals surface area contributed by atoms with Crippen molar-refractivity contribution in [3.63, 3.8) is 0 Å². The quantitative estimate of drug-likeness (QED) is 0.700. The average Bonchev–Trinajstić information content (AvgIpc) is 3.03. The van der Waals surface area contributed by atoms with Gasteiger partial charge in [0.15, 0.2) is 0 Å². The van der Waals surface area contributed by atoms with E-state index in [1.807, 2.05) is 16.9 Å². The fraction of sp³-hybridized carbons (Fsp3) is 0.0588. The minimum Gasteiger partial charge on any atom is -0.332 e. The normalized spacial score (nSPS) is 11.3. The van der Waals surface area contributed by atoms with Crippen LogP contribution in [-0.2, 0) is 16.6 Å². The zero-order valence-corrected chi connectivity index (χ0v) is 15.6. The Bertz CT molecular complexity index is 1050. The van der Waals surface area contributed by atoms with Gasteiger partial charge in [-0.25, -0.2) is 18.1 Å². The molecule has 0 bridgehead atoms. The van der Waals surface area contributed by atoms with Gasteiger partial charge in [-0.3, -0.25) is 4.79 Å². The lowest BCUT2D eigenvalue weighted by Gasteiger charge is -2.05. The highest BCUT2D eigenvalue weighted by molar-refractivity contribution is 7.90. The van der Waals surface area contributed by atoms with E-state index in [0.717, 1.165) is 5.56 Å². The molecule has 0 aliphatic carbocycles. The molecule has 134 valence electrons. The summed E-state index contributed by atoms with van der Waals surface area (Å²) in [6, 6.07) is 12.8. The first kappa shape index (κ1) is 18.4. The van der Waals surface area contributed by atoms with Crippen molar-refractivity contribution in [1.82, 2.24) is 14.3 Å². The van der Waals surface area contributed by atoms with Gasteiger partial charge in [0.05, 0.1) is 11.2 Å². The van der Waals surface area contributed by atoms with Gasteiger partial charge in [-0.15, -0.1) is 0 Å². The Hall–Kier alpha value is -2.35. The second-order valence-corrected chi connectivity index (χ2v) is 8.00. The van der Waals surface area contributed by atoms with E-state index >= 15 is 0 Å². The summed E-state index contributed by atoms with van der Waals surface area (Å²) in [5.41, 5.74) is 0.917. The Morgan fingerprint density at radius 3 is 2.50 bits per heavy atom. The number of benzene rings is 2. The molecule has 0 unspecified atom stereocenters. The molecular formula is C17H13Cl2N3O3S. The van der Waals surface area contributed by atoms with E-state index in [9.17, 15) is 13.2 Å². The predicted molar refractivity (Wildman–Crippen MR) is 98.9 cm³/mol. The summed E-state index contributed by atoms with van der Waals surface area (Å²) >= 11 is 11.7. The molecule has 1 heterocycles. The summed E-state index contributed by atoms with van der Waals surface area (Å²) < 4.78 is 28.1. The summed E-state index contributed by atoms with van der Waals surface area (Å²) in [4.78, 5) is 16.1. The van der Waals surface area contributed by atoms with Crippen LogP contribution in [0.25, 0.3) is 0 Å². The van der Waals surface area contributed by atoms with E-state index < -0.39 is 15.9 Å². The Morgan fingerprint density at radius 1 is 1.08 bits per heavy atom. The number of carbonyl (C=O) groups is 1. The fourth-order valence-corrected chi connectivity index (χ4v) is 3.56. The number of carbonyl (C=O) groups excluding carboxylic acids is 1. The van der Waals surface area contributed by atoms with Crippen molar-refractivity contribution in [3.8, 4) is 0 Å². The van der Waals surface area contributed by atoms with Crippen LogP contribution in [0.5, 0.6) is 0 Å². The highest BCUT2D eigenvalue weighted by atomic mass is 35.5. The number of nitrogens with one attached hydrogen (secondary N) is 1. The first-order valence-corrected chi connectivity index (χ1v) is 9.66. The lowest BCUT2D eigenvalue weighted by atomic mass is 10.2. The van der Waals surface area contributed by atoms with Crippen LogP contribution in [0, 0.1) is 0 Å². The maximum atomic E-state index is 12.2. The molecular weight excluding hydrogens is 397 g/mol. The van der Waals surface area contributed by atoms with Crippen molar-refractivity contribution in [2.75, 3.05) is 0 Å². The van der Waals surface area contributed by atoms with Crippen LogP contribution in [0.2, 0.25) is 10.0 Å². The molecule has 0 spiro atoms. The molecule has 6 nitrogen and oxygen atoms in total. The van der Waals surface area contributed by atoms with Gasteiger partial charge < -0.3 is 4.57 Å². The SMILES string of the molecule is O=C(NS(=O)(=O)c1ccc(Cl)cc1)c1cn(Cc2cccc(Cl)c2)cn1. The van der Waals surface area contributed by atoms with Crippen molar-refractivity contribution in [3.05, 3.63) is 82.4 Å². The van der Waals surface area contributed by atoms with Crippen LogP contribution in [0.3, 0.4) is 0 Å². The Labute approximate surface area is 160 Å². The molecule has 0 aliphatic rings. The summed E-state index contributed by atoms with van der Waals surface area (Å²) in [7, 11) is -4.00. The molecule has 0 aliphatic heterocycles. The fourth-order valence-electron chi connectivity index (χ4n) is 2.26. The van der Waals surface area contributed by atoms with Crippen LogP contribution in [-0.4, -0.2) is 23.9 Å². The Kier molecular flexibility index (Phi) is 5.31. The van der Waals surface area contributed by atoms with Gasteiger partial charge in [-0.2, -0.15) is 0 Å². The lowest BCUT2D eigenvalue weighted by Crippen LogP contribution is -2.30. The third-order valence-electron chi connectivity index (χ3n) is 3.47. The van der Waals surface area contributed by atoms with Gasteiger partial charge in [0.25, 0.3) is 15.9 Å². The molecule has 3 rings (SSSR count). The number of imidazole rings is 1. The minimum absolute atomic E-state index is 0.00966. The van der Waals surface area contributed by atoms with Crippen LogP contribution >= 0.6 is 23.2 Å². The molecule has 3 aromatic rings. The highest BCUT2D eigenvalue weighted by Crippen LogP contribution is 2.15. The van der Waals surface area contributed by atoms with E-state index in [1.165, 1.54) is 36.8 Å². The molecule has 0 saturated heterocycles. The smallest absolute Gasteiger partial charge is 0.285 e. The molecule has 1 N–H and O–H groups in total. The summed E-state index contributed by atoms with van der Waals surface area (Å²) in [5.74, 6) is -0.815. The van der Waals surface area contributed by atoms with Crippen molar-refractivity contribution in [2.24, 2.45) is 0 Å². The second kappa shape index (κ2) is 7.49. The van der Waals surface area contributed by atoms with Gasteiger partial charge in [0.2, 0.25) is 0 Å². The third kappa shape index (κ3) is 4.43. The van der Waals surface area contributed by atoms with E-state index in [0.29, 0.717) is 16.6 Å². The van der Waals surface area contributed by atoms with Gasteiger partial charge in [-0.05, 0) is 42.0 Å². The molecule has 9 heteroatoms. The molecule has 1 aromatic heterocycles. The number of hydrogen-bond acceptors (Lipinski definition) is 4. The van der Waals surface area contributed by atoms with Gasteiger partial charge >= 0.3 is 0 Å². The number of halogens is 2. The topological polar surface area (TPSA) is 81.1 Å². The van der Waals surface area contributed by atoms with Gasteiger partial charge in [0.1, 0.15) is 5.69 Å². The molecule has 0 radical (unpaired) electrons. The summed E-state index contributed by atoms with van der Waals surface area (Å²) in [6.45, 7) is 0.449. The van der Waals surface area contributed by atoms with Gasteiger partial charge in [0, 0.05) is 22.8 Å². The zero-order valence-electron chi connectivity index (χ0n) is 13.3. The molecule has 0 atom stereocenters. The average molecular weight is 410 g/mol. The van der Waals surface area contributed by atoms with Crippen molar-refractivity contribution < 1.29 is 13.2 Å². The van der Waals surface area contributed by atoms with Crippen LogP contribution in [0.15, 0.2) is 66.0 Å². The first-order chi connectivity index (χ1) is 12.3. The Balaban J connectivity index is 1.72. The first-order valence-electron chi connectivity index (χ1n) is 7.42. The standard InChI is InChI=1S/C17H13Cl2N3O3S/c18-13-4-6-15(7-5-13)26(24,25)21-17(23)16-10-22(11-20-16)9-12-2-1-3-14(19)8-12/h1-8,10-11H,9H2,(H,21,23). The lowest BCUT2D eigenvalue weighted by molar-refractivity contribution is 0.0977. The Morgan fingerprint density at radius 2 is 1.81 bits per heavy atom. The molecule has 2 aromatic carbocycles. The maximum absolute atomic E-state index is 12.2. The highest BCUT2D eigenvalue weighted by Gasteiger charge is 2.20. The second-order valence-electron chi connectivity index (χ2n) is 5.45. The van der Waals surface area contributed by atoms with Gasteiger partial charge in [-0.1, -0.05) is 35.3 Å². The van der Waals surface area contributed by atoms with E-state index in [4.69, 9.17) is 23.2 Å². The minimum atomic E-state index is -4.00. The van der Waals surface area contributed by atoms with E-state index in [1.54, 1.807) is 16.7 Å². The summed E-state index contributed by atoms with van der Waals surface area (Å²) in [5, 5.41) is 1.00. The van der Waals surface area contributed by atoms with Crippen molar-refractivity contribution in [1.29, 1.82) is 0 Å². The van der Waals surface area contributed by atoms with Crippen LogP contribution in [0.1, 0.15) is 16.1 Å². The molecule has 0 fully saturated rings. The van der Waals surface area contributed by atoms with Crippen molar-refractivity contribution >= 4 is 39.1 Å². The van der Waals surface area contributed by atoms with Crippen molar-refractivity contribution in [2.45, 2.75) is 11.4 Å². The number of rotatable bonds is 5. The maximum Gasteiger partial charge on any atom is 0.285 e. The molecule has 0 saturated carbocycles. The van der Waals surface area contributed by atoms with E-state index in [-0.39, 0.29) is 10.6 Å². The van der Waals surface area contributed by atoms with Crippen LogP contribution < -0.4 is 4.72 Å². The van der Waals surface area contributed by atoms with Crippen LogP contribution in [0.4, 0.5) is 0 Å². The third-order valence-corrected chi connectivity index (χ3v) is 5.31. The number of amides is 1. The molecule has 1 amide bonds.